The summed E-state index contributed by atoms with van der Waals surface area (Å²) in [5.41, 5.74) is 8.14. The van der Waals surface area contributed by atoms with Crippen LogP contribution < -0.4 is 5.73 Å². The fourth-order valence-corrected chi connectivity index (χ4v) is 2.80. The quantitative estimate of drug-likeness (QED) is 0.840. The van der Waals surface area contributed by atoms with Crippen LogP contribution in [0.1, 0.15) is 23.4 Å². The van der Waals surface area contributed by atoms with Crippen LogP contribution >= 0.6 is 11.3 Å². The zero-order valence-corrected chi connectivity index (χ0v) is 11.1. The van der Waals surface area contributed by atoms with E-state index < -0.39 is 0 Å². The second-order valence-corrected chi connectivity index (χ2v) is 5.74. The van der Waals surface area contributed by atoms with Gasteiger partial charge in [0.1, 0.15) is 5.01 Å². The zero-order valence-electron chi connectivity index (χ0n) is 10.2. The van der Waals surface area contributed by atoms with Crippen LogP contribution in [0.2, 0.25) is 0 Å². The maximum absolute atomic E-state index is 6.02. The van der Waals surface area contributed by atoms with Gasteiger partial charge < -0.3 is 5.73 Å². The Morgan fingerprint density at radius 3 is 2.78 bits per heavy atom. The first-order valence-corrected chi connectivity index (χ1v) is 7.16. The smallest absolute Gasteiger partial charge is 0.107 e. The molecule has 1 aliphatic carbocycles. The van der Waals surface area contributed by atoms with Gasteiger partial charge in [-0.1, -0.05) is 18.2 Å². The van der Waals surface area contributed by atoms with Gasteiger partial charge in [0.15, 0.2) is 0 Å². The van der Waals surface area contributed by atoms with E-state index in [1.165, 1.54) is 23.4 Å². The minimum atomic E-state index is 0.716. The predicted molar refractivity (Wildman–Crippen MR) is 75.2 cm³/mol. The van der Waals surface area contributed by atoms with Gasteiger partial charge >= 0.3 is 0 Å². The van der Waals surface area contributed by atoms with Crippen molar-refractivity contribution < 1.29 is 0 Å². The molecular formula is C14H17N3S. The predicted octanol–water partition coefficient (Wildman–Crippen LogP) is 2.89. The topological polar surface area (TPSA) is 42.1 Å². The SMILES string of the molecule is Nc1ccccc1CN(Cc1nccs1)C1CC1. The van der Waals surface area contributed by atoms with Crippen LogP contribution in [-0.4, -0.2) is 15.9 Å². The van der Waals surface area contributed by atoms with Gasteiger partial charge in [0.2, 0.25) is 0 Å². The second kappa shape index (κ2) is 5.08. The number of thiazole rings is 1. The third-order valence-electron chi connectivity index (χ3n) is 3.31. The normalized spacial score (nSPS) is 15.2. The van der Waals surface area contributed by atoms with Crippen molar-refractivity contribution in [3.63, 3.8) is 0 Å². The van der Waals surface area contributed by atoms with Crippen LogP contribution in [0.15, 0.2) is 35.8 Å². The summed E-state index contributed by atoms with van der Waals surface area (Å²) in [5.74, 6) is 0. The summed E-state index contributed by atoms with van der Waals surface area (Å²) < 4.78 is 0. The van der Waals surface area contributed by atoms with E-state index in [0.717, 1.165) is 18.8 Å². The number of nitrogens with two attached hydrogens (primary N) is 1. The maximum atomic E-state index is 6.02. The highest BCUT2D eigenvalue weighted by molar-refractivity contribution is 7.09. The molecule has 0 amide bonds. The summed E-state index contributed by atoms with van der Waals surface area (Å²) in [6.07, 6.45) is 4.48. The molecular weight excluding hydrogens is 242 g/mol. The molecule has 0 aliphatic heterocycles. The summed E-state index contributed by atoms with van der Waals surface area (Å²) in [6.45, 7) is 1.87. The monoisotopic (exact) mass is 259 g/mol. The van der Waals surface area contributed by atoms with Gasteiger partial charge in [-0.2, -0.15) is 0 Å². The molecule has 0 spiro atoms. The van der Waals surface area contributed by atoms with Gasteiger partial charge in [0, 0.05) is 29.9 Å². The number of para-hydroxylation sites is 1. The molecule has 0 radical (unpaired) electrons. The Balaban J connectivity index is 1.73. The highest BCUT2D eigenvalue weighted by Gasteiger charge is 2.29. The molecule has 3 nitrogen and oxygen atoms in total. The van der Waals surface area contributed by atoms with Gasteiger partial charge in [0.05, 0.1) is 6.54 Å². The number of anilines is 1. The largest absolute Gasteiger partial charge is 0.398 e. The van der Waals surface area contributed by atoms with Crippen molar-refractivity contribution in [1.82, 2.24) is 9.88 Å². The number of aromatic nitrogens is 1. The van der Waals surface area contributed by atoms with Crippen molar-refractivity contribution in [2.24, 2.45) is 0 Å². The van der Waals surface area contributed by atoms with Crippen LogP contribution in [0.4, 0.5) is 5.69 Å². The van der Waals surface area contributed by atoms with Crippen molar-refractivity contribution in [3.05, 3.63) is 46.4 Å². The van der Waals surface area contributed by atoms with Gasteiger partial charge in [-0.3, -0.25) is 4.90 Å². The Hall–Kier alpha value is -1.39. The lowest BCUT2D eigenvalue weighted by Gasteiger charge is -2.21. The lowest BCUT2D eigenvalue weighted by atomic mass is 10.1. The van der Waals surface area contributed by atoms with E-state index in [9.17, 15) is 0 Å². The van der Waals surface area contributed by atoms with Crippen LogP contribution in [0.5, 0.6) is 0 Å². The molecule has 0 saturated heterocycles. The minimum Gasteiger partial charge on any atom is -0.398 e. The van der Waals surface area contributed by atoms with Crippen molar-refractivity contribution in [2.45, 2.75) is 32.0 Å². The molecule has 1 saturated carbocycles. The standard InChI is InChI=1S/C14H17N3S/c15-13-4-2-1-3-11(13)9-17(12-5-6-12)10-14-16-7-8-18-14/h1-4,7-8,12H,5-6,9-10,15H2. The van der Waals surface area contributed by atoms with Crippen molar-refractivity contribution in [3.8, 4) is 0 Å². The van der Waals surface area contributed by atoms with Gasteiger partial charge in [-0.15, -0.1) is 11.3 Å². The van der Waals surface area contributed by atoms with Crippen LogP contribution in [0, 0.1) is 0 Å². The molecule has 1 fully saturated rings. The Labute approximate surface area is 111 Å². The molecule has 1 aliphatic rings. The number of nitrogens with zero attached hydrogens (tertiary/aromatic N) is 2. The number of hydrogen-bond donors (Lipinski definition) is 1. The fraction of sp³-hybridized carbons (Fsp3) is 0.357. The molecule has 2 N–H and O–H groups in total. The average Bonchev–Trinajstić information content (AvgIpc) is 3.10. The zero-order chi connectivity index (χ0) is 12.4. The second-order valence-electron chi connectivity index (χ2n) is 4.76. The highest BCUT2D eigenvalue weighted by Crippen LogP contribution is 2.30. The van der Waals surface area contributed by atoms with Crippen molar-refractivity contribution in [2.75, 3.05) is 5.73 Å². The van der Waals surface area contributed by atoms with E-state index in [1.807, 2.05) is 23.7 Å². The summed E-state index contributed by atoms with van der Waals surface area (Å²) in [5, 5.41) is 3.23. The Morgan fingerprint density at radius 1 is 1.28 bits per heavy atom. The number of benzene rings is 1. The molecule has 3 rings (SSSR count). The molecule has 1 heterocycles. The van der Waals surface area contributed by atoms with E-state index in [0.29, 0.717) is 6.04 Å². The van der Waals surface area contributed by atoms with E-state index in [1.54, 1.807) is 11.3 Å². The number of rotatable bonds is 5. The molecule has 0 atom stereocenters. The first-order valence-electron chi connectivity index (χ1n) is 6.29. The summed E-state index contributed by atoms with van der Waals surface area (Å²) >= 11 is 1.73. The molecule has 4 heteroatoms. The number of nitrogen functional groups attached to an aromatic ring is 1. The molecule has 2 aromatic rings. The third kappa shape index (κ3) is 2.71. The minimum absolute atomic E-state index is 0.716. The maximum Gasteiger partial charge on any atom is 0.107 e. The lowest BCUT2D eigenvalue weighted by molar-refractivity contribution is 0.246. The molecule has 94 valence electrons. The third-order valence-corrected chi connectivity index (χ3v) is 4.08. The fourth-order valence-electron chi connectivity index (χ4n) is 2.16. The Kier molecular flexibility index (Phi) is 3.30. The summed E-state index contributed by atoms with van der Waals surface area (Å²) in [4.78, 5) is 6.87. The van der Waals surface area contributed by atoms with Gasteiger partial charge in [-0.25, -0.2) is 4.98 Å². The Morgan fingerprint density at radius 2 is 2.11 bits per heavy atom. The molecule has 1 aromatic carbocycles. The number of hydrogen-bond acceptors (Lipinski definition) is 4. The first kappa shape index (κ1) is 11.7. The summed E-state index contributed by atoms with van der Waals surface area (Å²) in [6, 6.07) is 8.85. The van der Waals surface area contributed by atoms with Crippen LogP contribution in [-0.2, 0) is 13.1 Å². The molecule has 18 heavy (non-hydrogen) atoms. The summed E-state index contributed by atoms with van der Waals surface area (Å²) in [7, 11) is 0. The molecule has 0 bridgehead atoms. The highest BCUT2D eigenvalue weighted by atomic mass is 32.1. The first-order chi connectivity index (χ1) is 8.83. The Bertz CT molecular complexity index is 506. The van der Waals surface area contributed by atoms with Crippen LogP contribution in [0.25, 0.3) is 0 Å². The van der Waals surface area contributed by atoms with E-state index in [-0.39, 0.29) is 0 Å². The van der Waals surface area contributed by atoms with Gasteiger partial charge in [0.25, 0.3) is 0 Å². The molecule has 0 unspecified atom stereocenters. The van der Waals surface area contributed by atoms with Crippen molar-refractivity contribution in [1.29, 1.82) is 0 Å². The van der Waals surface area contributed by atoms with E-state index in [2.05, 4.69) is 22.0 Å². The van der Waals surface area contributed by atoms with Crippen LogP contribution in [0.3, 0.4) is 0 Å². The van der Waals surface area contributed by atoms with Crippen molar-refractivity contribution >= 4 is 17.0 Å². The van der Waals surface area contributed by atoms with E-state index in [4.69, 9.17) is 5.73 Å². The average molecular weight is 259 g/mol. The van der Waals surface area contributed by atoms with E-state index >= 15 is 0 Å². The van der Waals surface area contributed by atoms with Gasteiger partial charge in [-0.05, 0) is 24.5 Å². The molecule has 1 aromatic heterocycles. The lowest BCUT2D eigenvalue weighted by Crippen LogP contribution is -2.25.